The Morgan fingerprint density at radius 1 is 1.24 bits per heavy atom. The lowest BCUT2D eigenvalue weighted by molar-refractivity contribution is 0.159. The van der Waals surface area contributed by atoms with Crippen LogP contribution < -0.4 is 5.32 Å². The Morgan fingerprint density at radius 3 is 2.29 bits per heavy atom. The lowest BCUT2D eigenvalue weighted by Gasteiger charge is -2.17. The molecule has 2 atom stereocenters. The summed E-state index contributed by atoms with van der Waals surface area (Å²) in [5.74, 6) is 0. The van der Waals surface area contributed by atoms with Crippen LogP contribution in [0.15, 0.2) is 29.2 Å². The predicted octanol–water partition coefficient (Wildman–Crippen LogP) is 1.75. The first kappa shape index (κ1) is 18.1. The molecular formula is C15H26N2O3S. The second-order valence-electron chi connectivity index (χ2n) is 5.38. The summed E-state index contributed by atoms with van der Waals surface area (Å²) in [4.78, 5) is 0.296. The fourth-order valence-corrected chi connectivity index (χ4v) is 2.83. The molecule has 0 radical (unpaired) electrons. The first-order valence-electron chi connectivity index (χ1n) is 7.23. The molecule has 0 saturated heterocycles. The molecule has 0 fully saturated rings. The molecular weight excluding hydrogens is 288 g/mol. The molecule has 2 N–H and O–H groups in total. The number of sulfonamides is 1. The van der Waals surface area contributed by atoms with E-state index in [-0.39, 0.29) is 12.1 Å². The number of aliphatic hydroxyl groups is 1. The Balaban J connectivity index is 2.66. The van der Waals surface area contributed by atoms with E-state index in [2.05, 4.69) is 5.32 Å². The van der Waals surface area contributed by atoms with Crippen molar-refractivity contribution >= 4 is 10.0 Å². The van der Waals surface area contributed by atoms with Gasteiger partial charge in [0, 0.05) is 20.1 Å². The van der Waals surface area contributed by atoms with Gasteiger partial charge in [-0.05, 0) is 44.0 Å². The maximum absolute atomic E-state index is 12.0. The fraction of sp³-hybridized carbons (Fsp3) is 0.600. The number of hydrogen-bond donors (Lipinski definition) is 2. The number of nitrogens with zero attached hydrogens (tertiary/aromatic N) is 1. The monoisotopic (exact) mass is 314 g/mol. The molecule has 2 unspecified atom stereocenters. The Kier molecular flexibility index (Phi) is 6.80. The second kappa shape index (κ2) is 7.89. The summed E-state index contributed by atoms with van der Waals surface area (Å²) in [7, 11) is -0.330. The topological polar surface area (TPSA) is 69.6 Å². The fourth-order valence-electron chi connectivity index (χ4n) is 1.93. The average molecular weight is 314 g/mol. The van der Waals surface area contributed by atoms with Crippen molar-refractivity contribution in [3.63, 3.8) is 0 Å². The highest BCUT2D eigenvalue weighted by molar-refractivity contribution is 7.89. The molecule has 0 spiro atoms. The minimum atomic E-state index is -3.37. The van der Waals surface area contributed by atoms with Gasteiger partial charge in [0.05, 0.1) is 11.0 Å². The van der Waals surface area contributed by atoms with Gasteiger partial charge in [-0.1, -0.05) is 19.1 Å². The molecule has 0 amide bonds. The number of benzene rings is 1. The van der Waals surface area contributed by atoms with E-state index in [0.29, 0.717) is 11.3 Å². The zero-order valence-electron chi connectivity index (χ0n) is 13.2. The van der Waals surface area contributed by atoms with E-state index in [1.165, 1.54) is 18.4 Å². The zero-order chi connectivity index (χ0) is 16.0. The Morgan fingerprint density at radius 2 is 1.81 bits per heavy atom. The minimum Gasteiger partial charge on any atom is -0.393 e. The molecule has 5 nitrogen and oxygen atoms in total. The van der Waals surface area contributed by atoms with Crippen LogP contribution in [0.1, 0.15) is 38.3 Å². The predicted molar refractivity (Wildman–Crippen MR) is 84.6 cm³/mol. The van der Waals surface area contributed by atoms with E-state index in [1.807, 2.05) is 26.0 Å². The average Bonchev–Trinajstić information content (AvgIpc) is 2.46. The summed E-state index contributed by atoms with van der Waals surface area (Å²) >= 11 is 0. The van der Waals surface area contributed by atoms with E-state index in [0.717, 1.165) is 18.5 Å². The van der Waals surface area contributed by atoms with Crippen LogP contribution in [-0.2, 0) is 10.0 Å². The largest absolute Gasteiger partial charge is 0.393 e. The molecule has 0 heterocycles. The molecule has 0 bridgehead atoms. The third-order valence-electron chi connectivity index (χ3n) is 3.56. The lowest BCUT2D eigenvalue weighted by Crippen LogP contribution is -2.24. The van der Waals surface area contributed by atoms with Crippen LogP contribution in [0.4, 0.5) is 0 Å². The van der Waals surface area contributed by atoms with E-state index in [9.17, 15) is 13.5 Å². The molecule has 0 aliphatic carbocycles. The van der Waals surface area contributed by atoms with Gasteiger partial charge in [-0.25, -0.2) is 12.7 Å². The summed E-state index contributed by atoms with van der Waals surface area (Å²) in [6.07, 6.45) is 1.21. The number of nitrogens with one attached hydrogen (secondary N) is 1. The van der Waals surface area contributed by atoms with Crippen molar-refractivity contribution in [2.75, 3.05) is 20.6 Å². The number of hydrogen-bond acceptors (Lipinski definition) is 4. The highest BCUT2D eigenvalue weighted by Crippen LogP contribution is 2.18. The highest BCUT2D eigenvalue weighted by Gasteiger charge is 2.17. The summed E-state index contributed by atoms with van der Waals surface area (Å²) in [6.45, 7) is 4.71. The van der Waals surface area contributed by atoms with Crippen LogP contribution in [0.5, 0.6) is 0 Å². The van der Waals surface area contributed by atoms with Gasteiger partial charge in [-0.2, -0.15) is 0 Å². The Labute approximate surface area is 128 Å². The van der Waals surface area contributed by atoms with Crippen molar-refractivity contribution in [2.45, 2.75) is 43.7 Å². The molecule has 21 heavy (non-hydrogen) atoms. The zero-order valence-corrected chi connectivity index (χ0v) is 14.0. The minimum absolute atomic E-state index is 0.116. The molecule has 0 saturated carbocycles. The van der Waals surface area contributed by atoms with Crippen LogP contribution in [0.25, 0.3) is 0 Å². The van der Waals surface area contributed by atoms with Crippen LogP contribution in [0.2, 0.25) is 0 Å². The van der Waals surface area contributed by atoms with Crippen molar-refractivity contribution in [1.29, 1.82) is 0 Å². The van der Waals surface area contributed by atoms with Crippen molar-refractivity contribution in [2.24, 2.45) is 0 Å². The van der Waals surface area contributed by atoms with E-state index >= 15 is 0 Å². The first-order valence-corrected chi connectivity index (χ1v) is 8.67. The molecule has 1 rings (SSSR count). The van der Waals surface area contributed by atoms with Gasteiger partial charge < -0.3 is 10.4 Å². The molecule has 1 aromatic rings. The van der Waals surface area contributed by atoms with E-state index in [1.54, 1.807) is 12.1 Å². The van der Waals surface area contributed by atoms with E-state index in [4.69, 9.17) is 0 Å². The molecule has 1 aromatic carbocycles. The lowest BCUT2D eigenvalue weighted by atomic mass is 10.1. The molecule has 0 aromatic heterocycles. The van der Waals surface area contributed by atoms with Crippen molar-refractivity contribution in [3.8, 4) is 0 Å². The summed E-state index contributed by atoms with van der Waals surface area (Å²) < 4.78 is 25.2. The van der Waals surface area contributed by atoms with Gasteiger partial charge in [-0.15, -0.1) is 0 Å². The Hall–Kier alpha value is -0.950. The van der Waals surface area contributed by atoms with Gasteiger partial charge in [0.2, 0.25) is 10.0 Å². The molecule has 6 heteroatoms. The summed E-state index contributed by atoms with van der Waals surface area (Å²) in [5, 5.41) is 12.8. The first-order chi connectivity index (χ1) is 9.78. The van der Waals surface area contributed by atoms with Gasteiger partial charge in [-0.3, -0.25) is 0 Å². The maximum atomic E-state index is 12.0. The van der Waals surface area contributed by atoms with E-state index < -0.39 is 10.0 Å². The molecule has 0 aliphatic rings. The smallest absolute Gasteiger partial charge is 0.242 e. The standard InChI is InChI=1S/C15H26N2O3S/c1-5-14(18)10-11-16-12(2)13-6-8-15(9-7-13)21(19,20)17(3)4/h6-9,12,14,16,18H,5,10-11H2,1-4H3. The van der Waals surface area contributed by atoms with Crippen molar-refractivity contribution in [1.82, 2.24) is 9.62 Å². The summed E-state index contributed by atoms with van der Waals surface area (Å²) in [5.41, 5.74) is 1.03. The van der Waals surface area contributed by atoms with Gasteiger partial charge in [0.15, 0.2) is 0 Å². The summed E-state index contributed by atoms with van der Waals surface area (Å²) in [6, 6.07) is 7.02. The van der Waals surface area contributed by atoms with Crippen LogP contribution in [0.3, 0.4) is 0 Å². The maximum Gasteiger partial charge on any atom is 0.242 e. The van der Waals surface area contributed by atoms with Gasteiger partial charge in [0.1, 0.15) is 0 Å². The number of aliphatic hydroxyl groups excluding tert-OH is 1. The van der Waals surface area contributed by atoms with Crippen molar-refractivity contribution < 1.29 is 13.5 Å². The Bertz CT molecular complexity index is 526. The SMILES string of the molecule is CCC(O)CCNC(C)c1ccc(S(=O)(=O)N(C)C)cc1. The second-order valence-corrected chi connectivity index (χ2v) is 7.53. The van der Waals surface area contributed by atoms with Gasteiger partial charge in [0.25, 0.3) is 0 Å². The van der Waals surface area contributed by atoms with Crippen LogP contribution in [-0.4, -0.2) is 44.6 Å². The van der Waals surface area contributed by atoms with Crippen LogP contribution in [0, 0.1) is 0 Å². The normalized spacial score (nSPS) is 15.1. The molecule has 0 aliphatic heterocycles. The highest BCUT2D eigenvalue weighted by atomic mass is 32.2. The molecule has 120 valence electrons. The van der Waals surface area contributed by atoms with Gasteiger partial charge >= 0.3 is 0 Å². The quantitative estimate of drug-likeness (QED) is 0.767. The van der Waals surface area contributed by atoms with Crippen molar-refractivity contribution in [3.05, 3.63) is 29.8 Å². The third-order valence-corrected chi connectivity index (χ3v) is 5.39. The number of rotatable bonds is 8. The third kappa shape index (κ3) is 5.07. The van der Waals surface area contributed by atoms with Crippen LogP contribution >= 0.6 is 0 Å².